The van der Waals surface area contributed by atoms with Crippen molar-refractivity contribution in [2.75, 3.05) is 5.73 Å². The highest BCUT2D eigenvalue weighted by molar-refractivity contribution is 9.10. The zero-order valence-electron chi connectivity index (χ0n) is 9.45. The molecule has 0 aliphatic carbocycles. The van der Waals surface area contributed by atoms with Crippen LogP contribution >= 0.6 is 15.9 Å². The first kappa shape index (κ1) is 12.1. The highest BCUT2D eigenvalue weighted by Crippen LogP contribution is 2.30. The minimum absolute atomic E-state index is 0.0335. The van der Waals surface area contributed by atoms with Gasteiger partial charge in [0.05, 0.1) is 11.3 Å². The number of nitrogens with two attached hydrogens (primary N) is 1. The molecule has 0 spiro atoms. The topological polar surface area (TPSA) is 52.0 Å². The van der Waals surface area contributed by atoms with Crippen LogP contribution in [0.15, 0.2) is 39.2 Å². The Labute approximate surface area is 115 Å². The third kappa shape index (κ3) is 2.08. The van der Waals surface area contributed by atoms with E-state index in [1.807, 2.05) is 0 Å². The van der Waals surface area contributed by atoms with E-state index in [-0.39, 0.29) is 17.1 Å². The minimum atomic E-state index is -0.805. The average Bonchev–Trinajstić information content (AvgIpc) is 2.76. The Hall–Kier alpha value is -1.95. The molecule has 0 amide bonds. The summed E-state index contributed by atoms with van der Waals surface area (Å²) < 4.78 is 33.1. The van der Waals surface area contributed by atoms with Gasteiger partial charge in [-0.25, -0.2) is 13.8 Å². The minimum Gasteiger partial charge on any atom is -0.436 e. The molecule has 0 aliphatic rings. The van der Waals surface area contributed by atoms with Gasteiger partial charge in [-0.05, 0) is 24.3 Å². The third-order valence-electron chi connectivity index (χ3n) is 2.67. The zero-order valence-corrected chi connectivity index (χ0v) is 11.0. The number of oxazole rings is 1. The summed E-state index contributed by atoms with van der Waals surface area (Å²) in [6.07, 6.45) is 0. The van der Waals surface area contributed by atoms with Gasteiger partial charge in [-0.3, -0.25) is 0 Å². The van der Waals surface area contributed by atoms with Gasteiger partial charge in [0.25, 0.3) is 0 Å². The van der Waals surface area contributed by atoms with Gasteiger partial charge in [0.2, 0.25) is 5.89 Å². The van der Waals surface area contributed by atoms with Crippen LogP contribution in [0.25, 0.3) is 22.6 Å². The fourth-order valence-corrected chi connectivity index (χ4v) is 2.09. The Bertz CT molecular complexity index is 786. The second-order valence-electron chi connectivity index (χ2n) is 3.98. The van der Waals surface area contributed by atoms with Crippen molar-refractivity contribution < 1.29 is 13.2 Å². The summed E-state index contributed by atoms with van der Waals surface area (Å²) in [7, 11) is 0. The summed E-state index contributed by atoms with van der Waals surface area (Å²) in [4.78, 5) is 4.16. The van der Waals surface area contributed by atoms with E-state index >= 15 is 0 Å². The first-order valence-electron chi connectivity index (χ1n) is 5.35. The smallest absolute Gasteiger partial charge is 0.230 e. The summed E-state index contributed by atoms with van der Waals surface area (Å²) in [6, 6.07) is 7.13. The van der Waals surface area contributed by atoms with E-state index < -0.39 is 11.6 Å². The lowest BCUT2D eigenvalue weighted by molar-refractivity contribution is 0.574. The number of anilines is 1. The highest BCUT2D eigenvalue weighted by Gasteiger charge is 2.15. The van der Waals surface area contributed by atoms with Gasteiger partial charge in [-0.15, -0.1) is 0 Å². The fourth-order valence-electron chi connectivity index (χ4n) is 1.75. The first-order valence-corrected chi connectivity index (χ1v) is 6.15. The van der Waals surface area contributed by atoms with Gasteiger partial charge >= 0.3 is 0 Å². The lowest BCUT2D eigenvalue weighted by Gasteiger charge is -2.01. The largest absolute Gasteiger partial charge is 0.436 e. The van der Waals surface area contributed by atoms with Crippen LogP contribution in [0, 0.1) is 11.6 Å². The standard InChI is InChI=1S/C13H7BrF2N2O/c14-6-1-2-12-11(3-6)18-13(19-12)7-4-10(17)9(16)5-8(7)15/h1-5H,17H2. The number of benzene rings is 2. The molecule has 3 nitrogen and oxygen atoms in total. The molecule has 6 heteroatoms. The Balaban J connectivity index is 2.21. The predicted molar refractivity (Wildman–Crippen MR) is 71.5 cm³/mol. The number of aromatic nitrogens is 1. The predicted octanol–water partition coefficient (Wildman–Crippen LogP) is 4.12. The molecule has 0 atom stereocenters. The van der Waals surface area contributed by atoms with E-state index in [1.54, 1.807) is 18.2 Å². The molecule has 0 aliphatic heterocycles. The van der Waals surface area contributed by atoms with Crippen LogP contribution < -0.4 is 5.73 Å². The molecule has 0 bridgehead atoms. The third-order valence-corrected chi connectivity index (χ3v) is 3.16. The van der Waals surface area contributed by atoms with E-state index in [4.69, 9.17) is 10.2 Å². The van der Waals surface area contributed by atoms with Crippen LogP contribution in [0.5, 0.6) is 0 Å². The molecule has 0 saturated heterocycles. The Kier molecular flexibility index (Phi) is 2.74. The second-order valence-corrected chi connectivity index (χ2v) is 4.90. The molecule has 2 N–H and O–H groups in total. The van der Waals surface area contributed by atoms with Crippen molar-refractivity contribution in [1.82, 2.24) is 4.98 Å². The van der Waals surface area contributed by atoms with Crippen molar-refractivity contribution in [3.8, 4) is 11.5 Å². The maximum absolute atomic E-state index is 13.7. The van der Waals surface area contributed by atoms with E-state index in [1.165, 1.54) is 6.07 Å². The molecule has 2 aromatic carbocycles. The zero-order chi connectivity index (χ0) is 13.6. The summed E-state index contributed by atoms with van der Waals surface area (Å²) in [5, 5.41) is 0. The van der Waals surface area contributed by atoms with Gasteiger partial charge in [-0.1, -0.05) is 15.9 Å². The lowest BCUT2D eigenvalue weighted by atomic mass is 10.2. The fraction of sp³-hybridized carbons (Fsp3) is 0. The van der Waals surface area contributed by atoms with Crippen LogP contribution in [0.2, 0.25) is 0 Å². The Morgan fingerprint density at radius 1 is 1.11 bits per heavy atom. The molecular formula is C13H7BrF2N2O. The maximum Gasteiger partial charge on any atom is 0.230 e. The van der Waals surface area contributed by atoms with Crippen molar-refractivity contribution >= 4 is 32.7 Å². The molecule has 0 unspecified atom stereocenters. The number of nitrogen functional groups attached to an aromatic ring is 1. The molecule has 19 heavy (non-hydrogen) atoms. The normalized spacial score (nSPS) is 11.1. The number of halogens is 3. The molecule has 0 fully saturated rings. The lowest BCUT2D eigenvalue weighted by Crippen LogP contribution is -1.94. The van der Waals surface area contributed by atoms with Crippen molar-refractivity contribution in [1.29, 1.82) is 0 Å². The maximum atomic E-state index is 13.7. The van der Waals surface area contributed by atoms with E-state index in [9.17, 15) is 8.78 Å². The Morgan fingerprint density at radius 2 is 1.89 bits per heavy atom. The van der Waals surface area contributed by atoms with Crippen LogP contribution in [-0.4, -0.2) is 4.98 Å². The van der Waals surface area contributed by atoms with Crippen LogP contribution in [0.1, 0.15) is 0 Å². The number of fused-ring (bicyclic) bond motifs is 1. The molecule has 0 radical (unpaired) electrons. The van der Waals surface area contributed by atoms with Crippen LogP contribution in [-0.2, 0) is 0 Å². The van der Waals surface area contributed by atoms with Gasteiger partial charge < -0.3 is 10.2 Å². The summed E-state index contributed by atoms with van der Waals surface area (Å²) in [5.41, 5.74) is 6.40. The van der Waals surface area contributed by atoms with Gasteiger partial charge in [0, 0.05) is 10.5 Å². The molecule has 1 heterocycles. The molecule has 1 aromatic heterocycles. The van der Waals surface area contributed by atoms with Gasteiger partial charge in [0.15, 0.2) is 5.58 Å². The molecular weight excluding hydrogens is 318 g/mol. The first-order chi connectivity index (χ1) is 9.04. The van der Waals surface area contributed by atoms with Crippen LogP contribution in [0.3, 0.4) is 0 Å². The molecule has 96 valence electrons. The molecule has 0 saturated carbocycles. The van der Waals surface area contributed by atoms with E-state index in [0.717, 1.165) is 10.5 Å². The van der Waals surface area contributed by atoms with Crippen molar-refractivity contribution in [2.45, 2.75) is 0 Å². The highest BCUT2D eigenvalue weighted by atomic mass is 79.9. The average molecular weight is 325 g/mol. The SMILES string of the molecule is Nc1cc(-c2nc3cc(Br)ccc3o2)c(F)cc1F. The molecule has 3 rings (SSSR count). The quantitative estimate of drug-likeness (QED) is 0.685. The van der Waals surface area contributed by atoms with Crippen molar-refractivity contribution in [3.63, 3.8) is 0 Å². The van der Waals surface area contributed by atoms with Crippen molar-refractivity contribution in [3.05, 3.63) is 46.4 Å². The second kappa shape index (κ2) is 4.31. The summed E-state index contributed by atoms with van der Waals surface area (Å²) in [5.74, 6) is -1.50. The van der Waals surface area contributed by atoms with Gasteiger partial charge in [-0.2, -0.15) is 0 Å². The number of nitrogens with zero attached hydrogens (tertiary/aromatic N) is 1. The number of hydrogen-bond donors (Lipinski definition) is 1. The molecule has 3 aromatic rings. The summed E-state index contributed by atoms with van der Waals surface area (Å²) >= 11 is 3.31. The van der Waals surface area contributed by atoms with Gasteiger partial charge in [0.1, 0.15) is 17.2 Å². The number of rotatable bonds is 1. The van der Waals surface area contributed by atoms with E-state index in [2.05, 4.69) is 20.9 Å². The van der Waals surface area contributed by atoms with Crippen LogP contribution in [0.4, 0.5) is 14.5 Å². The summed E-state index contributed by atoms with van der Waals surface area (Å²) in [6.45, 7) is 0. The Morgan fingerprint density at radius 3 is 2.68 bits per heavy atom. The van der Waals surface area contributed by atoms with Crippen molar-refractivity contribution in [2.24, 2.45) is 0 Å². The monoisotopic (exact) mass is 324 g/mol. The number of hydrogen-bond acceptors (Lipinski definition) is 3. The van der Waals surface area contributed by atoms with E-state index in [0.29, 0.717) is 11.1 Å².